The first-order valence-electron chi connectivity index (χ1n) is 7.90. The number of nitrogens with zero attached hydrogens (tertiary/aromatic N) is 1. The van der Waals surface area contributed by atoms with Gasteiger partial charge in [0.25, 0.3) is 0 Å². The van der Waals surface area contributed by atoms with E-state index in [4.69, 9.17) is 32.7 Å². The number of thioether (sulfide) groups is 1. The molecule has 1 unspecified atom stereocenters. The zero-order chi connectivity index (χ0) is 18.7. The summed E-state index contributed by atoms with van der Waals surface area (Å²) in [4.78, 5) is 14.6. The number of halogens is 2. The maximum atomic E-state index is 12.8. The first kappa shape index (κ1) is 19.0. The van der Waals surface area contributed by atoms with Crippen LogP contribution in [0.3, 0.4) is 0 Å². The lowest BCUT2D eigenvalue weighted by Crippen LogP contribution is -2.34. The van der Waals surface area contributed by atoms with Gasteiger partial charge in [-0.25, -0.2) is 4.79 Å². The van der Waals surface area contributed by atoms with E-state index in [1.807, 2.05) is 18.2 Å². The van der Waals surface area contributed by atoms with Crippen molar-refractivity contribution in [3.05, 3.63) is 52.0 Å². The maximum absolute atomic E-state index is 12.8. The molecule has 1 fully saturated rings. The summed E-state index contributed by atoms with van der Waals surface area (Å²) in [6.07, 6.45) is 0. The Morgan fingerprint density at radius 3 is 2.73 bits per heavy atom. The number of hydrogen-bond acceptors (Lipinski definition) is 4. The largest absolute Gasteiger partial charge is 0.493 e. The molecule has 0 saturated carbocycles. The summed E-state index contributed by atoms with van der Waals surface area (Å²) in [5.41, 5.74) is 1.42. The molecule has 1 heterocycles. The number of anilines is 1. The van der Waals surface area contributed by atoms with Gasteiger partial charge in [0.2, 0.25) is 0 Å². The molecule has 1 aliphatic rings. The van der Waals surface area contributed by atoms with Gasteiger partial charge in [-0.2, -0.15) is 0 Å². The van der Waals surface area contributed by atoms with Gasteiger partial charge in [-0.05, 0) is 24.3 Å². The lowest BCUT2D eigenvalue weighted by Gasteiger charge is -2.26. The highest BCUT2D eigenvalue weighted by Gasteiger charge is 2.33. The highest BCUT2D eigenvalue weighted by molar-refractivity contribution is 7.99. The minimum atomic E-state index is -0.228. The predicted molar refractivity (Wildman–Crippen MR) is 107 cm³/mol. The summed E-state index contributed by atoms with van der Waals surface area (Å²) < 4.78 is 10.9. The van der Waals surface area contributed by atoms with Crippen molar-refractivity contribution in [3.63, 3.8) is 0 Å². The number of carbonyl (C=O) groups excluding carboxylic acids is 1. The van der Waals surface area contributed by atoms with Crippen molar-refractivity contribution in [1.29, 1.82) is 0 Å². The average Bonchev–Trinajstić information content (AvgIpc) is 3.12. The van der Waals surface area contributed by atoms with Crippen LogP contribution in [-0.2, 0) is 0 Å². The standard InChI is InChI=1S/C18H18Cl2N2O3S/c1-24-15-5-3-4-12(16(15)25-2)17-22(8-9-26-17)18(23)21-14-7-6-11(19)10-13(14)20/h3-7,10,17H,8-9H2,1-2H3,(H,21,23). The van der Waals surface area contributed by atoms with Gasteiger partial charge in [0.05, 0.1) is 24.9 Å². The van der Waals surface area contributed by atoms with E-state index in [2.05, 4.69) is 5.32 Å². The number of amides is 2. The molecular weight excluding hydrogens is 395 g/mol. The Bertz CT molecular complexity index is 819. The molecule has 1 saturated heterocycles. The summed E-state index contributed by atoms with van der Waals surface area (Å²) in [5.74, 6) is 2.10. The van der Waals surface area contributed by atoms with Crippen LogP contribution in [0.4, 0.5) is 10.5 Å². The van der Waals surface area contributed by atoms with Crippen LogP contribution in [0, 0.1) is 0 Å². The normalized spacial score (nSPS) is 16.5. The van der Waals surface area contributed by atoms with E-state index in [0.29, 0.717) is 33.8 Å². The van der Waals surface area contributed by atoms with Crippen LogP contribution in [0.15, 0.2) is 36.4 Å². The summed E-state index contributed by atoms with van der Waals surface area (Å²) in [7, 11) is 3.19. The molecule has 1 aliphatic heterocycles. The lowest BCUT2D eigenvalue weighted by molar-refractivity contribution is 0.213. The zero-order valence-corrected chi connectivity index (χ0v) is 16.6. The van der Waals surface area contributed by atoms with Crippen molar-refractivity contribution in [1.82, 2.24) is 4.90 Å². The summed E-state index contributed by atoms with van der Waals surface area (Å²) in [6.45, 7) is 0.618. The van der Waals surface area contributed by atoms with Gasteiger partial charge < -0.3 is 19.7 Å². The second-order valence-corrected chi connectivity index (χ2v) is 7.59. The molecule has 5 nitrogen and oxygen atoms in total. The molecule has 1 atom stereocenters. The molecule has 2 aromatic carbocycles. The monoisotopic (exact) mass is 412 g/mol. The van der Waals surface area contributed by atoms with Crippen LogP contribution in [0.25, 0.3) is 0 Å². The number of hydrogen-bond donors (Lipinski definition) is 1. The number of urea groups is 1. The number of para-hydroxylation sites is 1. The molecule has 0 radical (unpaired) electrons. The minimum Gasteiger partial charge on any atom is -0.493 e. The van der Waals surface area contributed by atoms with Crippen LogP contribution in [-0.4, -0.2) is 37.4 Å². The Morgan fingerprint density at radius 1 is 1.23 bits per heavy atom. The fraction of sp³-hybridized carbons (Fsp3) is 0.278. The molecule has 26 heavy (non-hydrogen) atoms. The molecule has 2 aromatic rings. The second kappa shape index (κ2) is 8.29. The highest BCUT2D eigenvalue weighted by Crippen LogP contribution is 2.45. The van der Waals surface area contributed by atoms with E-state index in [1.165, 1.54) is 0 Å². The SMILES string of the molecule is COc1cccc(C2SCCN2C(=O)Nc2ccc(Cl)cc2Cl)c1OC. The molecule has 1 N–H and O–H groups in total. The summed E-state index contributed by atoms with van der Waals surface area (Å²) in [5, 5.41) is 3.60. The number of ether oxygens (including phenoxy) is 2. The lowest BCUT2D eigenvalue weighted by atomic mass is 10.1. The third-order valence-corrected chi connectivity index (χ3v) is 5.81. The van der Waals surface area contributed by atoms with Crippen LogP contribution in [0.1, 0.15) is 10.9 Å². The molecule has 0 aromatic heterocycles. The van der Waals surface area contributed by atoms with Crippen molar-refractivity contribution in [2.24, 2.45) is 0 Å². The van der Waals surface area contributed by atoms with Gasteiger partial charge >= 0.3 is 6.03 Å². The third kappa shape index (κ3) is 3.82. The second-order valence-electron chi connectivity index (χ2n) is 5.55. The smallest absolute Gasteiger partial charge is 0.323 e. The van der Waals surface area contributed by atoms with Gasteiger partial charge in [-0.1, -0.05) is 35.3 Å². The van der Waals surface area contributed by atoms with Gasteiger partial charge in [-0.3, -0.25) is 0 Å². The molecule has 138 valence electrons. The Kier molecular flexibility index (Phi) is 6.06. The molecule has 0 spiro atoms. The minimum absolute atomic E-state index is 0.175. The molecular formula is C18H18Cl2N2O3S. The quantitative estimate of drug-likeness (QED) is 0.740. The van der Waals surface area contributed by atoms with E-state index in [9.17, 15) is 4.79 Å². The number of methoxy groups -OCH3 is 2. The summed E-state index contributed by atoms with van der Waals surface area (Å²) in [6, 6.07) is 10.4. The molecule has 2 amide bonds. The number of benzene rings is 2. The van der Waals surface area contributed by atoms with E-state index >= 15 is 0 Å². The van der Waals surface area contributed by atoms with Crippen molar-refractivity contribution in [2.45, 2.75) is 5.37 Å². The maximum Gasteiger partial charge on any atom is 0.323 e. The van der Waals surface area contributed by atoms with Crippen molar-refractivity contribution in [3.8, 4) is 11.5 Å². The van der Waals surface area contributed by atoms with Crippen LogP contribution in [0.2, 0.25) is 10.0 Å². The highest BCUT2D eigenvalue weighted by atomic mass is 35.5. The van der Waals surface area contributed by atoms with Gasteiger partial charge in [0.1, 0.15) is 5.37 Å². The van der Waals surface area contributed by atoms with E-state index in [-0.39, 0.29) is 11.4 Å². The van der Waals surface area contributed by atoms with Crippen molar-refractivity contribution < 1.29 is 14.3 Å². The average molecular weight is 413 g/mol. The van der Waals surface area contributed by atoms with Crippen LogP contribution in [0.5, 0.6) is 11.5 Å². The van der Waals surface area contributed by atoms with E-state index in [0.717, 1.165) is 11.3 Å². The van der Waals surface area contributed by atoms with Crippen molar-refractivity contribution in [2.75, 3.05) is 31.8 Å². The molecule has 0 bridgehead atoms. The van der Waals surface area contributed by atoms with Crippen LogP contribution < -0.4 is 14.8 Å². The van der Waals surface area contributed by atoms with Crippen LogP contribution >= 0.6 is 35.0 Å². The molecule has 8 heteroatoms. The predicted octanol–water partition coefficient (Wildman–Crippen LogP) is 5.29. The van der Waals surface area contributed by atoms with Gasteiger partial charge in [0, 0.05) is 22.9 Å². The number of nitrogens with one attached hydrogen (secondary N) is 1. The fourth-order valence-electron chi connectivity index (χ4n) is 2.82. The fourth-order valence-corrected chi connectivity index (χ4v) is 4.55. The Labute approximate surface area is 166 Å². The topological polar surface area (TPSA) is 50.8 Å². The van der Waals surface area contributed by atoms with Crippen molar-refractivity contribution >= 4 is 46.7 Å². The zero-order valence-electron chi connectivity index (χ0n) is 14.3. The number of carbonyl (C=O) groups is 1. The van der Waals surface area contributed by atoms with Gasteiger partial charge in [-0.15, -0.1) is 11.8 Å². The Balaban J connectivity index is 1.85. The Morgan fingerprint density at radius 2 is 2.04 bits per heavy atom. The number of rotatable bonds is 4. The molecule has 0 aliphatic carbocycles. The first-order valence-corrected chi connectivity index (χ1v) is 9.70. The Hall–Kier alpha value is -1.76. The van der Waals surface area contributed by atoms with Gasteiger partial charge in [0.15, 0.2) is 11.5 Å². The van der Waals surface area contributed by atoms with E-state index < -0.39 is 0 Å². The third-order valence-electron chi connectivity index (χ3n) is 4.02. The van der Waals surface area contributed by atoms with E-state index in [1.54, 1.807) is 49.1 Å². The summed E-state index contributed by atoms with van der Waals surface area (Å²) >= 11 is 13.7. The molecule has 3 rings (SSSR count). The first-order chi connectivity index (χ1) is 12.5.